The molecule has 0 bridgehead atoms. The molecule has 0 atom stereocenters. The lowest BCUT2D eigenvalue weighted by Gasteiger charge is -2.30. The molecule has 2 heterocycles. The molecule has 166 valence electrons. The first-order valence-electron chi connectivity index (χ1n) is 9.95. The Hall–Kier alpha value is -2.50. The zero-order chi connectivity index (χ0) is 22.2. The Morgan fingerprint density at radius 2 is 1.74 bits per heavy atom. The number of aryl methyl sites for hydroxylation is 1. The van der Waals surface area contributed by atoms with E-state index in [1.54, 1.807) is 0 Å². The molecule has 2 aromatic heterocycles. The number of hydrogen-bond acceptors (Lipinski definition) is 9. The van der Waals surface area contributed by atoms with Gasteiger partial charge >= 0.3 is 0 Å². The van der Waals surface area contributed by atoms with E-state index < -0.39 is 10.0 Å². The molecule has 1 saturated carbocycles. The maximum Gasteiger partial charge on any atom is 0.243 e. The predicted octanol–water partition coefficient (Wildman–Crippen LogP) is 2.74. The third-order valence-electron chi connectivity index (χ3n) is 5.30. The van der Waals surface area contributed by atoms with E-state index in [0.717, 1.165) is 24.5 Å². The van der Waals surface area contributed by atoms with Gasteiger partial charge in [-0.1, -0.05) is 11.6 Å². The van der Waals surface area contributed by atoms with Gasteiger partial charge in [0, 0.05) is 32.2 Å². The number of nitrogens with one attached hydrogen (secondary N) is 2. The summed E-state index contributed by atoms with van der Waals surface area (Å²) in [6.07, 6.45) is 3.04. The molecule has 1 aliphatic rings. The van der Waals surface area contributed by atoms with Crippen molar-refractivity contribution in [2.24, 2.45) is 0 Å². The lowest BCUT2D eigenvalue weighted by Crippen LogP contribution is -2.40. The van der Waals surface area contributed by atoms with Gasteiger partial charge in [0.25, 0.3) is 0 Å². The molecule has 4 rings (SSSR count). The third-order valence-corrected chi connectivity index (χ3v) is 7.16. The first kappa shape index (κ1) is 21.7. The Bertz CT molecular complexity index is 1190. The van der Waals surface area contributed by atoms with Crippen LogP contribution >= 0.6 is 11.6 Å². The van der Waals surface area contributed by atoms with Crippen molar-refractivity contribution in [1.29, 1.82) is 0 Å². The van der Waals surface area contributed by atoms with E-state index in [9.17, 15) is 8.42 Å². The van der Waals surface area contributed by atoms with Crippen LogP contribution < -0.4 is 14.9 Å². The van der Waals surface area contributed by atoms with Crippen molar-refractivity contribution in [3.8, 4) is 0 Å². The van der Waals surface area contributed by atoms with Gasteiger partial charge in [0.05, 0.1) is 5.02 Å². The Labute approximate surface area is 185 Å². The highest BCUT2D eigenvalue weighted by atomic mass is 35.5. The van der Waals surface area contributed by atoms with Crippen molar-refractivity contribution in [3.63, 3.8) is 0 Å². The lowest BCUT2D eigenvalue weighted by molar-refractivity contribution is 0.315. The summed E-state index contributed by atoms with van der Waals surface area (Å²) in [5.41, 5.74) is 0.362. The predicted molar refractivity (Wildman–Crippen MR) is 118 cm³/mol. The summed E-state index contributed by atoms with van der Waals surface area (Å²) in [5, 5.41) is 11.1. The topological polar surface area (TPSA) is 126 Å². The van der Waals surface area contributed by atoms with Gasteiger partial charge in [0.1, 0.15) is 22.4 Å². The second-order valence-corrected chi connectivity index (χ2v) is 9.96. The number of aromatic nitrogens is 4. The molecule has 0 radical (unpaired) electrons. The molecule has 10 nitrogen and oxygen atoms in total. The Morgan fingerprint density at radius 3 is 2.45 bits per heavy atom. The van der Waals surface area contributed by atoms with Crippen molar-refractivity contribution in [1.82, 2.24) is 25.0 Å². The second kappa shape index (κ2) is 8.56. The average molecular weight is 466 g/mol. The second-order valence-electron chi connectivity index (χ2n) is 7.87. The van der Waals surface area contributed by atoms with Crippen molar-refractivity contribution < 1.29 is 13.0 Å². The highest BCUT2D eigenvalue weighted by Crippen LogP contribution is 2.28. The monoisotopic (exact) mass is 465 g/mol. The molecule has 0 amide bonds. The molecule has 0 aliphatic heterocycles. The smallest absolute Gasteiger partial charge is 0.243 e. The summed E-state index contributed by atoms with van der Waals surface area (Å²) >= 11 is 6.04. The molecule has 3 aromatic rings. The molecule has 2 N–H and O–H groups in total. The van der Waals surface area contributed by atoms with Gasteiger partial charge in [0.15, 0.2) is 11.0 Å². The zero-order valence-electron chi connectivity index (χ0n) is 17.5. The first-order valence-corrected chi connectivity index (χ1v) is 11.8. The molecule has 0 unspecified atom stereocenters. The summed E-state index contributed by atoms with van der Waals surface area (Å²) in [6, 6.07) is 4.86. The normalized spacial score (nSPS) is 19.5. The summed E-state index contributed by atoms with van der Waals surface area (Å²) in [4.78, 5) is 10.8. The van der Waals surface area contributed by atoms with E-state index in [4.69, 9.17) is 11.6 Å². The standard InChI is InChI=1S/C19H24ClN7O3S/c1-11-21-16(10-17(22-11)27(2)3)23-12-4-6-13(7-5-12)26-31(28,29)15-9-8-14(20)18-19(15)25-30-24-18/h8-10,12-13,26H,4-7H2,1-3H3,(H,21,22,23). The highest BCUT2D eigenvalue weighted by molar-refractivity contribution is 7.89. The van der Waals surface area contributed by atoms with Crippen LogP contribution in [0.2, 0.25) is 5.02 Å². The summed E-state index contributed by atoms with van der Waals surface area (Å²) in [6.45, 7) is 1.86. The van der Waals surface area contributed by atoms with Crippen molar-refractivity contribution in [2.45, 2.75) is 49.6 Å². The van der Waals surface area contributed by atoms with E-state index in [2.05, 4.69) is 34.9 Å². The highest BCUT2D eigenvalue weighted by Gasteiger charge is 2.28. The molecule has 0 spiro atoms. The number of halogens is 1. The van der Waals surface area contributed by atoms with Crippen LogP contribution in [0.1, 0.15) is 31.5 Å². The zero-order valence-corrected chi connectivity index (χ0v) is 19.0. The SMILES string of the molecule is Cc1nc(NC2CCC(NS(=O)(=O)c3ccc(Cl)c4nonc34)CC2)cc(N(C)C)n1. The summed E-state index contributed by atoms with van der Waals surface area (Å²) < 4.78 is 33.3. The van der Waals surface area contributed by atoms with E-state index >= 15 is 0 Å². The fourth-order valence-electron chi connectivity index (χ4n) is 3.73. The number of hydrogen-bond donors (Lipinski definition) is 2. The molecule has 31 heavy (non-hydrogen) atoms. The fourth-order valence-corrected chi connectivity index (χ4v) is 5.36. The summed E-state index contributed by atoms with van der Waals surface area (Å²) in [5.74, 6) is 2.32. The van der Waals surface area contributed by atoms with Crippen LogP contribution in [0, 0.1) is 6.92 Å². The van der Waals surface area contributed by atoms with Crippen molar-refractivity contribution >= 4 is 44.3 Å². The molecule has 0 saturated heterocycles. The lowest BCUT2D eigenvalue weighted by atomic mass is 9.92. The van der Waals surface area contributed by atoms with Gasteiger partial charge in [-0.05, 0) is 55.1 Å². The van der Waals surface area contributed by atoms with Crippen molar-refractivity contribution in [3.05, 3.63) is 29.0 Å². The van der Waals surface area contributed by atoms with Crippen molar-refractivity contribution in [2.75, 3.05) is 24.3 Å². The summed E-state index contributed by atoms with van der Waals surface area (Å²) in [7, 11) is 0.0859. The molecule has 1 fully saturated rings. The average Bonchev–Trinajstić information content (AvgIpc) is 3.19. The Balaban J connectivity index is 1.40. The molecule has 1 aliphatic carbocycles. The minimum atomic E-state index is -3.79. The van der Waals surface area contributed by atoms with Gasteiger partial charge in [-0.3, -0.25) is 0 Å². The van der Waals surface area contributed by atoms with E-state index in [0.29, 0.717) is 23.7 Å². The molecule has 12 heteroatoms. The van der Waals surface area contributed by atoms with Gasteiger partial charge < -0.3 is 10.2 Å². The number of sulfonamides is 1. The van der Waals surface area contributed by atoms with Gasteiger partial charge in [0.2, 0.25) is 10.0 Å². The van der Waals surface area contributed by atoms with E-state index in [1.807, 2.05) is 32.0 Å². The van der Waals surface area contributed by atoms with Crippen LogP contribution in [0.25, 0.3) is 11.0 Å². The Morgan fingerprint density at radius 1 is 1.06 bits per heavy atom. The minimum absolute atomic E-state index is 0.0149. The van der Waals surface area contributed by atoms with Crippen LogP contribution in [0.4, 0.5) is 11.6 Å². The number of rotatable bonds is 6. The number of nitrogens with zero attached hydrogens (tertiary/aromatic N) is 5. The van der Waals surface area contributed by atoms with Gasteiger partial charge in [-0.2, -0.15) is 0 Å². The fraction of sp³-hybridized carbons (Fsp3) is 0.474. The van der Waals surface area contributed by atoms with E-state index in [-0.39, 0.29) is 28.0 Å². The molecule has 1 aromatic carbocycles. The maximum atomic E-state index is 12.9. The number of benzene rings is 1. The minimum Gasteiger partial charge on any atom is -0.367 e. The van der Waals surface area contributed by atoms with Crippen LogP contribution in [-0.4, -0.2) is 54.9 Å². The molecular formula is C19H24ClN7O3S. The van der Waals surface area contributed by atoms with Gasteiger partial charge in [-0.15, -0.1) is 0 Å². The van der Waals surface area contributed by atoms with Crippen LogP contribution in [-0.2, 0) is 10.0 Å². The number of anilines is 2. The third kappa shape index (κ3) is 4.73. The number of fused-ring (bicyclic) bond motifs is 1. The van der Waals surface area contributed by atoms with Crippen LogP contribution in [0.15, 0.2) is 27.7 Å². The maximum absolute atomic E-state index is 12.9. The van der Waals surface area contributed by atoms with Crippen LogP contribution in [0.3, 0.4) is 0 Å². The first-order chi connectivity index (χ1) is 14.7. The quantitative estimate of drug-likeness (QED) is 0.564. The molecular weight excluding hydrogens is 442 g/mol. The van der Waals surface area contributed by atoms with E-state index in [1.165, 1.54) is 12.1 Å². The van der Waals surface area contributed by atoms with Gasteiger partial charge in [-0.25, -0.2) is 27.7 Å². The Kier molecular flexibility index (Phi) is 6.00. The van der Waals surface area contributed by atoms with Crippen LogP contribution in [0.5, 0.6) is 0 Å². The largest absolute Gasteiger partial charge is 0.367 e.